The van der Waals surface area contributed by atoms with Crippen LogP contribution in [0.15, 0.2) is 42.9 Å². The number of nitrogens with zero attached hydrogens (tertiary/aromatic N) is 2. The molecule has 0 saturated heterocycles. The van der Waals surface area contributed by atoms with Crippen LogP contribution in [0.4, 0.5) is 0 Å². The second-order valence-corrected chi connectivity index (χ2v) is 5.24. The highest BCUT2D eigenvalue weighted by Crippen LogP contribution is 2.26. The topological polar surface area (TPSA) is 43.8 Å². The summed E-state index contributed by atoms with van der Waals surface area (Å²) >= 11 is 0. The van der Waals surface area contributed by atoms with Gasteiger partial charge in [-0.1, -0.05) is 37.3 Å². The molecule has 3 heteroatoms. The van der Waals surface area contributed by atoms with E-state index in [4.69, 9.17) is 5.73 Å². The summed E-state index contributed by atoms with van der Waals surface area (Å²) in [5.74, 6) is 0. The average molecular weight is 243 g/mol. The zero-order valence-corrected chi connectivity index (χ0v) is 11.3. The predicted molar refractivity (Wildman–Crippen MR) is 74.3 cm³/mol. The Morgan fingerprint density at radius 3 is 2.56 bits per heavy atom. The molecule has 2 aromatic rings. The molecule has 0 fully saturated rings. The van der Waals surface area contributed by atoms with Crippen LogP contribution in [0.3, 0.4) is 0 Å². The van der Waals surface area contributed by atoms with Gasteiger partial charge in [-0.2, -0.15) is 0 Å². The molecular formula is C15H21N3. The minimum absolute atomic E-state index is 0.0399. The number of aromatic nitrogens is 2. The minimum atomic E-state index is -0.125. The smallest absolute Gasteiger partial charge is 0.0953 e. The normalized spacial score (nSPS) is 13.6. The lowest BCUT2D eigenvalue weighted by atomic mass is 9.99. The lowest BCUT2D eigenvalue weighted by molar-refractivity contribution is 0.329. The quantitative estimate of drug-likeness (QED) is 0.896. The van der Waals surface area contributed by atoms with Crippen molar-refractivity contribution in [3.8, 4) is 0 Å². The minimum Gasteiger partial charge on any atom is -0.327 e. The Bertz CT molecular complexity index is 499. The number of rotatable bonds is 4. The van der Waals surface area contributed by atoms with Gasteiger partial charge in [-0.3, -0.25) is 0 Å². The molecule has 2 rings (SSSR count). The van der Waals surface area contributed by atoms with Crippen molar-refractivity contribution in [2.45, 2.75) is 38.8 Å². The molecule has 0 aliphatic heterocycles. The molecule has 96 valence electrons. The summed E-state index contributed by atoms with van der Waals surface area (Å²) in [5, 5.41) is 0. The zero-order chi connectivity index (χ0) is 13.2. The first-order valence-corrected chi connectivity index (χ1v) is 6.39. The second-order valence-electron chi connectivity index (χ2n) is 5.24. The SMILES string of the molecule is CCC(C)(C)n1cncc1C(N)c1ccccc1. The maximum absolute atomic E-state index is 6.35. The predicted octanol–water partition coefficient (Wildman–Crippen LogP) is 3.08. The molecule has 1 heterocycles. The van der Waals surface area contributed by atoms with Crippen molar-refractivity contribution in [2.75, 3.05) is 0 Å². The summed E-state index contributed by atoms with van der Waals surface area (Å²) < 4.78 is 2.19. The van der Waals surface area contributed by atoms with Crippen molar-refractivity contribution >= 4 is 0 Å². The van der Waals surface area contributed by atoms with Gasteiger partial charge in [0.2, 0.25) is 0 Å². The largest absolute Gasteiger partial charge is 0.327 e. The van der Waals surface area contributed by atoms with E-state index in [1.165, 1.54) is 0 Å². The molecule has 0 aliphatic rings. The number of imidazole rings is 1. The fraction of sp³-hybridized carbons (Fsp3) is 0.400. The van der Waals surface area contributed by atoms with E-state index >= 15 is 0 Å². The van der Waals surface area contributed by atoms with Crippen molar-refractivity contribution in [1.82, 2.24) is 9.55 Å². The summed E-state index contributed by atoms with van der Waals surface area (Å²) in [6, 6.07) is 10.0. The molecule has 0 spiro atoms. The highest BCUT2D eigenvalue weighted by molar-refractivity contribution is 5.27. The van der Waals surface area contributed by atoms with Gasteiger partial charge in [-0.15, -0.1) is 0 Å². The molecule has 1 aromatic heterocycles. The lowest BCUT2D eigenvalue weighted by Crippen LogP contribution is -2.29. The van der Waals surface area contributed by atoms with E-state index in [1.54, 1.807) is 0 Å². The summed E-state index contributed by atoms with van der Waals surface area (Å²) in [5.41, 5.74) is 8.57. The lowest BCUT2D eigenvalue weighted by Gasteiger charge is -2.29. The third-order valence-electron chi connectivity index (χ3n) is 3.66. The maximum atomic E-state index is 6.35. The first kappa shape index (κ1) is 12.8. The highest BCUT2D eigenvalue weighted by Gasteiger charge is 2.23. The van der Waals surface area contributed by atoms with E-state index in [2.05, 4.69) is 42.5 Å². The van der Waals surface area contributed by atoms with E-state index in [0.717, 1.165) is 17.7 Å². The second kappa shape index (κ2) is 4.94. The van der Waals surface area contributed by atoms with Crippen LogP contribution in [-0.4, -0.2) is 9.55 Å². The van der Waals surface area contributed by atoms with Crippen LogP contribution >= 0.6 is 0 Å². The van der Waals surface area contributed by atoms with Gasteiger partial charge in [0.1, 0.15) is 0 Å². The highest BCUT2D eigenvalue weighted by atomic mass is 15.1. The standard InChI is InChI=1S/C15H21N3/c1-4-15(2,3)18-11-17-10-13(18)14(16)12-8-6-5-7-9-12/h5-11,14H,4,16H2,1-3H3. The third-order valence-corrected chi connectivity index (χ3v) is 3.66. The van der Waals surface area contributed by atoms with Crippen LogP contribution < -0.4 is 5.73 Å². The molecular weight excluding hydrogens is 222 g/mol. The number of hydrogen-bond acceptors (Lipinski definition) is 2. The van der Waals surface area contributed by atoms with Gasteiger partial charge in [0, 0.05) is 5.54 Å². The van der Waals surface area contributed by atoms with Crippen LogP contribution in [0.25, 0.3) is 0 Å². The Kier molecular flexibility index (Phi) is 3.53. The number of nitrogens with two attached hydrogens (primary N) is 1. The van der Waals surface area contributed by atoms with Crippen LogP contribution in [0, 0.1) is 0 Å². The first-order chi connectivity index (χ1) is 8.56. The van der Waals surface area contributed by atoms with Gasteiger partial charge in [-0.25, -0.2) is 4.98 Å². The summed E-state index contributed by atoms with van der Waals surface area (Å²) in [6.07, 6.45) is 4.79. The molecule has 0 bridgehead atoms. The van der Waals surface area contributed by atoms with Gasteiger partial charge in [-0.05, 0) is 25.8 Å². The van der Waals surface area contributed by atoms with Crippen molar-refractivity contribution in [2.24, 2.45) is 5.73 Å². The van der Waals surface area contributed by atoms with Crippen LogP contribution in [0.5, 0.6) is 0 Å². The average Bonchev–Trinajstić information content (AvgIpc) is 2.89. The van der Waals surface area contributed by atoms with Crippen molar-refractivity contribution < 1.29 is 0 Å². The van der Waals surface area contributed by atoms with Gasteiger partial charge >= 0.3 is 0 Å². The van der Waals surface area contributed by atoms with Gasteiger partial charge < -0.3 is 10.3 Å². The monoisotopic (exact) mass is 243 g/mol. The summed E-state index contributed by atoms with van der Waals surface area (Å²) in [4.78, 5) is 4.27. The Hall–Kier alpha value is -1.61. The molecule has 3 nitrogen and oxygen atoms in total. The van der Waals surface area contributed by atoms with Crippen LogP contribution in [-0.2, 0) is 5.54 Å². The summed E-state index contributed by atoms with van der Waals surface area (Å²) in [7, 11) is 0. The zero-order valence-electron chi connectivity index (χ0n) is 11.3. The van der Waals surface area contributed by atoms with E-state index in [0.29, 0.717) is 0 Å². The molecule has 1 atom stereocenters. The van der Waals surface area contributed by atoms with Crippen molar-refractivity contribution in [1.29, 1.82) is 0 Å². The molecule has 0 amide bonds. The Morgan fingerprint density at radius 2 is 1.94 bits per heavy atom. The fourth-order valence-electron chi connectivity index (χ4n) is 2.04. The molecule has 0 aliphatic carbocycles. The summed E-state index contributed by atoms with van der Waals surface area (Å²) in [6.45, 7) is 6.59. The van der Waals surface area contributed by atoms with E-state index in [9.17, 15) is 0 Å². The first-order valence-electron chi connectivity index (χ1n) is 6.39. The molecule has 1 aromatic carbocycles. The third kappa shape index (κ3) is 2.31. The fourth-order valence-corrected chi connectivity index (χ4v) is 2.04. The van der Waals surface area contributed by atoms with Gasteiger partial charge in [0.15, 0.2) is 0 Å². The van der Waals surface area contributed by atoms with Crippen LogP contribution in [0.2, 0.25) is 0 Å². The molecule has 1 unspecified atom stereocenters. The number of benzene rings is 1. The Balaban J connectivity index is 2.38. The van der Waals surface area contributed by atoms with Gasteiger partial charge in [0.05, 0.1) is 24.3 Å². The maximum Gasteiger partial charge on any atom is 0.0953 e. The molecule has 0 radical (unpaired) electrons. The van der Waals surface area contributed by atoms with E-state index in [1.807, 2.05) is 30.7 Å². The van der Waals surface area contributed by atoms with E-state index < -0.39 is 0 Å². The van der Waals surface area contributed by atoms with E-state index in [-0.39, 0.29) is 11.6 Å². The number of hydrogen-bond donors (Lipinski definition) is 1. The molecule has 18 heavy (non-hydrogen) atoms. The van der Waals surface area contributed by atoms with Crippen LogP contribution in [0.1, 0.15) is 44.5 Å². The van der Waals surface area contributed by atoms with Crippen molar-refractivity contribution in [3.05, 3.63) is 54.1 Å². The molecule has 2 N–H and O–H groups in total. The molecule has 0 saturated carbocycles. The Morgan fingerprint density at radius 1 is 1.28 bits per heavy atom. The van der Waals surface area contributed by atoms with Gasteiger partial charge in [0.25, 0.3) is 0 Å². The van der Waals surface area contributed by atoms with Crippen molar-refractivity contribution in [3.63, 3.8) is 0 Å². The Labute approximate surface area is 109 Å².